The molecular formula is C11H18N6O3. The van der Waals surface area contributed by atoms with Gasteiger partial charge in [0.1, 0.15) is 0 Å². The Kier molecular flexibility index (Phi) is 4.51. The lowest BCUT2D eigenvalue weighted by Gasteiger charge is -2.14. The third-order valence-corrected chi connectivity index (χ3v) is 3.03. The van der Waals surface area contributed by atoms with Gasteiger partial charge in [-0.15, -0.1) is 5.10 Å². The molecule has 1 fully saturated rings. The standard InChI is InChI=1S/C11H18N6O3/c1-2-20-10(18)9-8(7-12)17(15-14-9)6-5-16-4-3-13-11(16)19/h2-7,12H2,1H3,(H,13,19). The number of rotatable bonds is 6. The lowest BCUT2D eigenvalue weighted by molar-refractivity contribution is 0.0518. The van der Waals surface area contributed by atoms with E-state index >= 15 is 0 Å². The van der Waals surface area contributed by atoms with Crippen LogP contribution >= 0.6 is 0 Å². The molecule has 1 aromatic rings. The van der Waals surface area contributed by atoms with Gasteiger partial charge in [0.05, 0.1) is 18.8 Å². The number of esters is 1. The quantitative estimate of drug-likeness (QED) is 0.642. The van der Waals surface area contributed by atoms with Gasteiger partial charge in [0.15, 0.2) is 5.69 Å². The Labute approximate surface area is 116 Å². The molecule has 20 heavy (non-hydrogen) atoms. The fraction of sp³-hybridized carbons (Fsp3) is 0.636. The summed E-state index contributed by atoms with van der Waals surface area (Å²) >= 11 is 0. The number of hydrogen-bond donors (Lipinski definition) is 2. The molecule has 2 amide bonds. The Bertz CT molecular complexity index is 500. The van der Waals surface area contributed by atoms with Gasteiger partial charge < -0.3 is 20.7 Å². The van der Waals surface area contributed by atoms with Crippen molar-refractivity contribution in [3.63, 3.8) is 0 Å². The maximum Gasteiger partial charge on any atom is 0.360 e. The molecule has 0 bridgehead atoms. The highest BCUT2D eigenvalue weighted by atomic mass is 16.5. The highest BCUT2D eigenvalue weighted by Gasteiger charge is 2.22. The fourth-order valence-electron chi connectivity index (χ4n) is 2.01. The van der Waals surface area contributed by atoms with Gasteiger partial charge in [-0.25, -0.2) is 14.3 Å². The van der Waals surface area contributed by atoms with Crippen molar-refractivity contribution in [3.05, 3.63) is 11.4 Å². The first kappa shape index (κ1) is 14.3. The second-order valence-electron chi connectivity index (χ2n) is 4.25. The summed E-state index contributed by atoms with van der Waals surface area (Å²) in [5.74, 6) is -0.530. The number of nitrogens with two attached hydrogens (primary N) is 1. The predicted octanol–water partition coefficient (Wildman–Crippen LogP) is -1.06. The monoisotopic (exact) mass is 282 g/mol. The Morgan fingerprint density at radius 3 is 2.90 bits per heavy atom. The lowest BCUT2D eigenvalue weighted by Crippen LogP contribution is -2.31. The van der Waals surface area contributed by atoms with Crippen molar-refractivity contribution in [1.82, 2.24) is 25.2 Å². The predicted molar refractivity (Wildman–Crippen MR) is 68.8 cm³/mol. The van der Waals surface area contributed by atoms with Crippen LogP contribution in [0.2, 0.25) is 0 Å². The van der Waals surface area contributed by atoms with Gasteiger partial charge in [0, 0.05) is 26.2 Å². The van der Waals surface area contributed by atoms with Gasteiger partial charge >= 0.3 is 12.0 Å². The van der Waals surface area contributed by atoms with Crippen molar-refractivity contribution in [1.29, 1.82) is 0 Å². The molecule has 1 saturated heterocycles. The van der Waals surface area contributed by atoms with E-state index in [0.717, 1.165) is 0 Å². The van der Waals surface area contributed by atoms with Gasteiger partial charge in [-0.1, -0.05) is 5.21 Å². The number of ether oxygens (including phenoxy) is 1. The van der Waals surface area contributed by atoms with Crippen molar-refractivity contribution in [2.75, 3.05) is 26.2 Å². The fourth-order valence-corrected chi connectivity index (χ4v) is 2.01. The molecule has 9 nitrogen and oxygen atoms in total. The maximum atomic E-state index is 11.7. The zero-order chi connectivity index (χ0) is 14.5. The van der Waals surface area contributed by atoms with Gasteiger partial charge in [-0.2, -0.15) is 0 Å². The first-order valence-electron chi connectivity index (χ1n) is 6.49. The molecule has 9 heteroatoms. The van der Waals surface area contributed by atoms with Crippen molar-refractivity contribution >= 4 is 12.0 Å². The third-order valence-electron chi connectivity index (χ3n) is 3.03. The van der Waals surface area contributed by atoms with Crippen LogP contribution in [-0.4, -0.2) is 58.1 Å². The summed E-state index contributed by atoms with van der Waals surface area (Å²) in [5, 5.41) is 10.4. The van der Waals surface area contributed by atoms with E-state index in [2.05, 4.69) is 15.6 Å². The zero-order valence-electron chi connectivity index (χ0n) is 11.3. The minimum absolute atomic E-state index is 0.0926. The maximum absolute atomic E-state index is 11.7. The minimum Gasteiger partial charge on any atom is -0.461 e. The Morgan fingerprint density at radius 2 is 2.30 bits per heavy atom. The molecule has 0 unspecified atom stereocenters. The number of nitrogens with zero attached hydrogens (tertiary/aromatic N) is 4. The average molecular weight is 282 g/mol. The molecule has 1 aliphatic rings. The van der Waals surface area contributed by atoms with Crippen LogP contribution in [0.25, 0.3) is 0 Å². The van der Waals surface area contributed by atoms with Crippen LogP contribution in [0.5, 0.6) is 0 Å². The van der Waals surface area contributed by atoms with E-state index < -0.39 is 5.97 Å². The normalized spacial score (nSPS) is 14.5. The molecule has 0 spiro atoms. The van der Waals surface area contributed by atoms with Crippen molar-refractivity contribution in [3.8, 4) is 0 Å². The molecular weight excluding hydrogens is 264 g/mol. The molecule has 2 heterocycles. The van der Waals surface area contributed by atoms with Crippen molar-refractivity contribution in [2.24, 2.45) is 5.73 Å². The molecule has 0 aliphatic carbocycles. The summed E-state index contributed by atoms with van der Waals surface area (Å²) in [7, 11) is 0. The molecule has 1 aliphatic heterocycles. The van der Waals surface area contributed by atoms with Crippen LogP contribution in [0.1, 0.15) is 23.1 Å². The Morgan fingerprint density at radius 1 is 1.50 bits per heavy atom. The number of urea groups is 1. The van der Waals surface area contributed by atoms with Crippen LogP contribution < -0.4 is 11.1 Å². The van der Waals surface area contributed by atoms with Gasteiger partial charge in [0.2, 0.25) is 0 Å². The average Bonchev–Trinajstić information content (AvgIpc) is 3.02. The van der Waals surface area contributed by atoms with Gasteiger partial charge in [-0.05, 0) is 6.92 Å². The molecule has 0 atom stereocenters. The molecule has 0 aromatic carbocycles. The molecule has 110 valence electrons. The molecule has 0 radical (unpaired) electrons. The number of nitrogens with one attached hydrogen (secondary N) is 1. The minimum atomic E-state index is -0.530. The highest BCUT2D eigenvalue weighted by molar-refractivity contribution is 5.88. The number of hydrogen-bond acceptors (Lipinski definition) is 6. The van der Waals surface area contributed by atoms with E-state index in [-0.39, 0.29) is 24.9 Å². The zero-order valence-corrected chi connectivity index (χ0v) is 11.3. The van der Waals surface area contributed by atoms with E-state index in [1.165, 1.54) is 4.68 Å². The van der Waals surface area contributed by atoms with Crippen molar-refractivity contribution in [2.45, 2.75) is 20.0 Å². The summed E-state index contributed by atoms with van der Waals surface area (Å²) in [6.07, 6.45) is 0. The largest absolute Gasteiger partial charge is 0.461 e. The van der Waals surface area contributed by atoms with E-state index in [0.29, 0.717) is 31.9 Å². The second kappa shape index (κ2) is 6.33. The molecule has 2 rings (SSSR count). The summed E-state index contributed by atoms with van der Waals surface area (Å²) in [4.78, 5) is 24.8. The lowest BCUT2D eigenvalue weighted by atomic mass is 10.3. The smallest absolute Gasteiger partial charge is 0.360 e. The second-order valence-corrected chi connectivity index (χ2v) is 4.25. The topological polar surface area (TPSA) is 115 Å². The van der Waals surface area contributed by atoms with E-state index in [9.17, 15) is 9.59 Å². The van der Waals surface area contributed by atoms with Crippen LogP contribution in [0, 0.1) is 0 Å². The number of amides is 2. The van der Waals surface area contributed by atoms with E-state index in [1.54, 1.807) is 11.8 Å². The van der Waals surface area contributed by atoms with Gasteiger partial charge in [-0.3, -0.25) is 0 Å². The van der Waals surface area contributed by atoms with E-state index in [4.69, 9.17) is 10.5 Å². The number of carbonyl (C=O) groups is 2. The summed E-state index contributed by atoms with van der Waals surface area (Å²) in [5.41, 5.74) is 6.30. The summed E-state index contributed by atoms with van der Waals surface area (Å²) < 4.78 is 6.43. The highest BCUT2D eigenvalue weighted by Crippen LogP contribution is 2.07. The van der Waals surface area contributed by atoms with Crippen LogP contribution in [0.3, 0.4) is 0 Å². The molecule has 1 aromatic heterocycles. The first-order chi connectivity index (χ1) is 9.67. The number of carbonyl (C=O) groups excluding carboxylic acids is 2. The third kappa shape index (κ3) is 2.87. The Balaban J connectivity index is 2.04. The number of aromatic nitrogens is 3. The summed E-state index contributed by atoms with van der Waals surface area (Å²) in [6, 6.07) is -0.0926. The van der Waals surface area contributed by atoms with Crippen molar-refractivity contribution < 1.29 is 14.3 Å². The molecule has 3 N–H and O–H groups in total. The SMILES string of the molecule is CCOC(=O)c1nnn(CCN2CCNC2=O)c1CN. The van der Waals surface area contributed by atoms with E-state index in [1.807, 2.05) is 0 Å². The molecule has 0 saturated carbocycles. The van der Waals surface area contributed by atoms with Crippen LogP contribution in [0.15, 0.2) is 0 Å². The van der Waals surface area contributed by atoms with Gasteiger partial charge in [0.25, 0.3) is 0 Å². The van der Waals surface area contributed by atoms with Crippen LogP contribution in [-0.2, 0) is 17.8 Å². The Hall–Kier alpha value is -2.16. The summed E-state index contributed by atoms with van der Waals surface area (Å²) in [6.45, 7) is 4.36. The first-order valence-corrected chi connectivity index (χ1v) is 6.49. The van der Waals surface area contributed by atoms with Crippen LogP contribution in [0.4, 0.5) is 4.79 Å².